The third-order valence-electron chi connectivity index (χ3n) is 5.09. The van der Waals surface area contributed by atoms with E-state index in [0.29, 0.717) is 6.54 Å². The Balaban J connectivity index is 1.72. The zero-order valence-electron chi connectivity index (χ0n) is 14.5. The lowest BCUT2D eigenvalue weighted by molar-refractivity contribution is -0.128. The van der Waals surface area contributed by atoms with E-state index < -0.39 is 0 Å². The summed E-state index contributed by atoms with van der Waals surface area (Å²) in [6.07, 6.45) is 6.76. The van der Waals surface area contributed by atoms with Gasteiger partial charge in [-0.15, -0.1) is 0 Å². The first-order chi connectivity index (χ1) is 11.6. The number of hydrogen-bond donors (Lipinski definition) is 0. The van der Waals surface area contributed by atoms with Gasteiger partial charge in [0.15, 0.2) is 5.78 Å². The van der Waals surface area contributed by atoms with Crippen molar-refractivity contribution in [2.45, 2.75) is 39.0 Å². The number of rotatable bonds is 4. The lowest BCUT2D eigenvalue weighted by Crippen LogP contribution is -2.42. The highest BCUT2D eigenvalue weighted by atomic mass is 16.5. The summed E-state index contributed by atoms with van der Waals surface area (Å²) in [6.45, 7) is 3.24. The van der Waals surface area contributed by atoms with Gasteiger partial charge in [0.2, 0.25) is 5.91 Å². The van der Waals surface area contributed by atoms with Crippen LogP contribution in [0.15, 0.2) is 29.8 Å². The van der Waals surface area contributed by atoms with Crippen molar-refractivity contribution in [3.8, 4) is 5.75 Å². The minimum Gasteiger partial charge on any atom is -0.497 e. The number of amides is 1. The monoisotopic (exact) mass is 327 g/mol. The maximum absolute atomic E-state index is 12.9. The van der Waals surface area contributed by atoms with Gasteiger partial charge in [0, 0.05) is 30.1 Å². The quantitative estimate of drug-likeness (QED) is 0.795. The maximum atomic E-state index is 12.9. The number of benzene rings is 1. The largest absolute Gasteiger partial charge is 0.497 e. The minimum atomic E-state index is -0.100. The number of hydrogen-bond acceptors (Lipinski definition) is 3. The molecule has 1 amide bonds. The van der Waals surface area contributed by atoms with Crippen LogP contribution in [0.3, 0.4) is 0 Å². The molecule has 24 heavy (non-hydrogen) atoms. The summed E-state index contributed by atoms with van der Waals surface area (Å²) in [5, 5.41) is 0. The number of piperidine rings is 1. The second kappa shape index (κ2) is 7.20. The van der Waals surface area contributed by atoms with Gasteiger partial charge in [-0.05, 0) is 62.8 Å². The number of nitrogens with zero attached hydrogens (tertiary/aromatic N) is 1. The van der Waals surface area contributed by atoms with Crippen LogP contribution in [0.2, 0.25) is 0 Å². The maximum Gasteiger partial charge on any atom is 0.249 e. The first kappa shape index (κ1) is 16.7. The van der Waals surface area contributed by atoms with Crippen LogP contribution in [0.1, 0.15) is 48.0 Å². The van der Waals surface area contributed by atoms with Crippen LogP contribution in [0.5, 0.6) is 5.75 Å². The van der Waals surface area contributed by atoms with Gasteiger partial charge in [-0.2, -0.15) is 0 Å². The number of methoxy groups -OCH3 is 1. The van der Waals surface area contributed by atoms with Gasteiger partial charge in [0.1, 0.15) is 5.75 Å². The van der Waals surface area contributed by atoms with E-state index in [1.54, 1.807) is 7.11 Å². The van der Waals surface area contributed by atoms with E-state index in [4.69, 9.17) is 4.74 Å². The van der Waals surface area contributed by atoms with Crippen molar-refractivity contribution in [3.63, 3.8) is 0 Å². The Bertz CT molecular complexity index is 677. The number of Topliss-reactive ketones (excluding diaryl/α,β-unsaturated/α-hetero) is 1. The molecule has 1 fully saturated rings. The highest BCUT2D eigenvalue weighted by molar-refractivity contribution is 6.00. The second-order valence-corrected chi connectivity index (χ2v) is 6.76. The summed E-state index contributed by atoms with van der Waals surface area (Å²) in [5.41, 5.74) is 2.61. The van der Waals surface area contributed by atoms with E-state index in [-0.39, 0.29) is 17.6 Å². The van der Waals surface area contributed by atoms with Crippen molar-refractivity contribution < 1.29 is 14.3 Å². The minimum absolute atomic E-state index is 0.100. The molecule has 0 spiro atoms. The Morgan fingerprint density at radius 3 is 2.75 bits per heavy atom. The number of ketones is 1. The molecule has 0 aromatic heterocycles. The smallest absolute Gasteiger partial charge is 0.249 e. The first-order valence-corrected chi connectivity index (χ1v) is 8.77. The number of aryl methyl sites for hydroxylation is 1. The second-order valence-electron chi connectivity index (χ2n) is 6.76. The summed E-state index contributed by atoms with van der Waals surface area (Å²) in [7, 11) is 1.62. The Kier molecular flexibility index (Phi) is 5.03. The molecule has 1 aliphatic carbocycles. The van der Waals surface area contributed by atoms with Crippen LogP contribution in [-0.4, -0.2) is 36.8 Å². The molecule has 128 valence electrons. The molecule has 1 unspecified atom stereocenters. The Morgan fingerprint density at radius 2 is 2.08 bits per heavy atom. The first-order valence-electron chi connectivity index (χ1n) is 8.77. The zero-order chi connectivity index (χ0) is 17.1. The Hall–Kier alpha value is -2.10. The van der Waals surface area contributed by atoms with Gasteiger partial charge in [0.25, 0.3) is 0 Å². The number of likely N-dealkylation sites (tertiary alicyclic amines) is 1. The molecule has 1 heterocycles. The number of carbonyl (C=O) groups excluding carboxylic acids is 2. The lowest BCUT2D eigenvalue weighted by Gasteiger charge is -2.32. The van der Waals surface area contributed by atoms with E-state index in [1.807, 2.05) is 30.0 Å². The fourth-order valence-corrected chi connectivity index (χ4v) is 3.70. The molecular formula is C20H25NO3. The standard InChI is InChI=1S/C20H25NO3/c1-14-12-17(24-2)9-10-18(14)19(22)16-8-5-11-21(13-16)20(23)15-6-3-4-7-15/h6,9-10,12,16H,3-5,7-8,11,13H2,1-2H3. The van der Waals surface area contributed by atoms with E-state index in [2.05, 4.69) is 6.08 Å². The summed E-state index contributed by atoms with van der Waals surface area (Å²) < 4.78 is 5.21. The van der Waals surface area contributed by atoms with Gasteiger partial charge in [-0.1, -0.05) is 6.08 Å². The van der Waals surface area contributed by atoms with Crippen molar-refractivity contribution in [2.24, 2.45) is 5.92 Å². The van der Waals surface area contributed by atoms with Crippen molar-refractivity contribution >= 4 is 11.7 Å². The number of carbonyl (C=O) groups is 2. The van der Waals surface area contributed by atoms with E-state index in [1.165, 1.54) is 0 Å². The number of ether oxygens (including phenoxy) is 1. The molecule has 1 aromatic rings. The number of allylic oxidation sites excluding steroid dienone is 1. The van der Waals surface area contributed by atoms with Gasteiger partial charge in [-0.3, -0.25) is 9.59 Å². The molecule has 4 heteroatoms. The van der Waals surface area contributed by atoms with Crippen molar-refractivity contribution in [3.05, 3.63) is 41.0 Å². The van der Waals surface area contributed by atoms with Gasteiger partial charge >= 0.3 is 0 Å². The van der Waals surface area contributed by atoms with Crippen LogP contribution in [0.25, 0.3) is 0 Å². The SMILES string of the molecule is COc1ccc(C(=O)C2CCCN(C(=O)C3=CCCC3)C2)c(C)c1. The highest BCUT2D eigenvalue weighted by Gasteiger charge is 2.31. The third-order valence-corrected chi connectivity index (χ3v) is 5.09. The van der Waals surface area contributed by atoms with Crippen molar-refractivity contribution in [2.75, 3.05) is 20.2 Å². The van der Waals surface area contributed by atoms with Crippen LogP contribution in [-0.2, 0) is 4.79 Å². The van der Waals surface area contributed by atoms with Crippen LogP contribution >= 0.6 is 0 Å². The third kappa shape index (κ3) is 3.37. The molecule has 0 N–H and O–H groups in total. The van der Waals surface area contributed by atoms with Gasteiger partial charge < -0.3 is 9.64 Å². The molecule has 3 rings (SSSR count). The Morgan fingerprint density at radius 1 is 1.25 bits per heavy atom. The topological polar surface area (TPSA) is 46.6 Å². The molecule has 0 bridgehead atoms. The molecule has 0 radical (unpaired) electrons. The molecule has 1 aromatic carbocycles. The molecule has 1 aliphatic heterocycles. The normalized spacial score (nSPS) is 20.7. The summed E-state index contributed by atoms with van der Waals surface area (Å²) in [6, 6.07) is 5.56. The zero-order valence-corrected chi connectivity index (χ0v) is 14.5. The molecule has 2 aliphatic rings. The predicted molar refractivity (Wildman–Crippen MR) is 93.3 cm³/mol. The average Bonchev–Trinajstić information content (AvgIpc) is 3.15. The Labute approximate surface area is 143 Å². The van der Waals surface area contributed by atoms with E-state index >= 15 is 0 Å². The van der Waals surface area contributed by atoms with Crippen molar-refractivity contribution in [1.29, 1.82) is 0 Å². The fraction of sp³-hybridized carbons (Fsp3) is 0.500. The summed E-state index contributed by atoms with van der Waals surface area (Å²) >= 11 is 0. The summed E-state index contributed by atoms with van der Waals surface area (Å²) in [4.78, 5) is 27.4. The molecule has 1 atom stereocenters. The fourth-order valence-electron chi connectivity index (χ4n) is 3.70. The van der Waals surface area contributed by atoms with Gasteiger partial charge in [0.05, 0.1) is 7.11 Å². The molecular weight excluding hydrogens is 302 g/mol. The van der Waals surface area contributed by atoms with E-state index in [0.717, 1.165) is 61.1 Å². The van der Waals surface area contributed by atoms with E-state index in [9.17, 15) is 9.59 Å². The molecule has 0 saturated carbocycles. The summed E-state index contributed by atoms with van der Waals surface area (Å²) in [5.74, 6) is 0.943. The molecule has 1 saturated heterocycles. The highest BCUT2D eigenvalue weighted by Crippen LogP contribution is 2.27. The van der Waals surface area contributed by atoms with Crippen molar-refractivity contribution in [1.82, 2.24) is 4.90 Å². The predicted octanol–water partition coefficient (Wildman–Crippen LogP) is 3.54. The lowest BCUT2D eigenvalue weighted by atomic mass is 9.88. The van der Waals surface area contributed by atoms with Crippen LogP contribution in [0, 0.1) is 12.8 Å². The molecule has 4 nitrogen and oxygen atoms in total. The average molecular weight is 327 g/mol. The van der Waals surface area contributed by atoms with Gasteiger partial charge in [-0.25, -0.2) is 0 Å². The van der Waals surface area contributed by atoms with Crippen LogP contribution in [0.4, 0.5) is 0 Å². The van der Waals surface area contributed by atoms with Crippen LogP contribution < -0.4 is 4.74 Å².